The van der Waals surface area contributed by atoms with Gasteiger partial charge in [-0.25, -0.2) is 4.98 Å². The summed E-state index contributed by atoms with van der Waals surface area (Å²) in [7, 11) is 4.08. The van der Waals surface area contributed by atoms with E-state index in [1.165, 1.54) is 11.3 Å². The molecule has 90 valence electrons. The number of β-amino-alcohol motifs (C(OH)–C–C–N with tert-alkyl or cyclic N) is 1. The lowest BCUT2D eigenvalue weighted by atomic mass is 10.2. The van der Waals surface area contributed by atoms with E-state index in [4.69, 9.17) is 5.73 Å². The van der Waals surface area contributed by atoms with Crippen LogP contribution in [0.4, 0.5) is 10.1 Å². The van der Waals surface area contributed by atoms with Gasteiger partial charge in [-0.05, 0) is 20.5 Å². The molecule has 0 aliphatic carbocycles. The summed E-state index contributed by atoms with van der Waals surface area (Å²) < 4.78 is 0. The van der Waals surface area contributed by atoms with Gasteiger partial charge in [0.15, 0.2) is 5.13 Å². The van der Waals surface area contributed by atoms with Crippen LogP contribution in [0.3, 0.4) is 0 Å². The molecule has 16 heavy (non-hydrogen) atoms. The topological polar surface area (TPSA) is 65.6 Å². The Hall–Kier alpha value is -0.850. The summed E-state index contributed by atoms with van der Waals surface area (Å²) in [5.74, 6) is 0. The molecular formula is C10H18N4OS. The third-order valence-electron chi connectivity index (χ3n) is 2.73. The summed E-state index contributed by atoms with van der Waals surface area (Å²) in [5.41, 5.74) is 5.68. The first-order valence-corrected chi connectivity index (χ1v) is 6.18. The fourth-order valence-corrected chi connectivity index (χ4v) is 2.89. The highest BCUT2D eigenvalue weighted by molar-refractivity contribution is 7.19. The van der Waals surface area contributed by atoms with Crippen LogP contribution in [0.25, 0.3) is 0 Å². The van der Waals surface area contributed by atoms with Gasteiger partial charge in [0.05, 0.1) is 12.3 Å². The number of nitrogens with two attached hydrogens (primary N) is 1. The maximum Gasteiger partial charge on any atom is 0.187 e. The van der Waals surface area contributed by atoms with Crippen molar-refractivity contribution in [3.63, 3.8) is 0 Å². The van der Waals surface area contributed by atoms with Crippen LogP contribution in [0.5, 0.6) is 0 Å². The van der Waals surface area contributed by atoms with Crippen molar-refractivity contribution >= 4 is 21.5 Å². The van der Waals surface area contributed by atoms with Gasteiger partial charge in [0.25, 0.3) is 0 Å². The molecule has 1 aliphatic heterocycles. The van der Waals surface area contributed by atoms with Crippen LogP contribution in [0, 0.1) is 0 Å². The molecule has 0 spiro atoms. The molecule has 6 heteroatoms. The van der Waals surface area contributed by atoms with E-state index in [1.807, 2.05) is 14.1 Å². The number of aliphatic hydroxyl groups is 1. The highest BCUT2D eigenvalue weighted by Gasteiger charge is 2.32. The van der Waals surface area contributed by atoms with Gasteiger partial charge in [0, 0.05) is 19.1 Å². The van der Waals surface area contributed by atoms with Crippen LogP contribution in [0.2, 0.25) is 0 Å². The Labute approximate surface area is 99.5 Å². The summed E-state index contributed by atoms with van der Waals surface area (Å²) >= 11 is 1.48. The minimum absolute atomic E-state index is 0.255. The zero-order valence-electron chi connectivity index (χ0n) is 9.63. The molecule has 1 saturated heterocycles. The molecule has 1 aromatic rings. The number of hydrogen-bond acceptors (Lipinski definition) is 6. The van der Waals surface area contributed by atoms with Crippen LogP contribution in [0.15, 0.2) is 6.20 Å². The average molecular weight is 242 g/mol. The number of nitrogens with zero attached hydrogens (tertiary/aromatic N) is 3. The SMILES string of the molecule is CN(C)CC1CC(O)CN1c1ncc(N)s1. The lowest BCUT2D eigenvalue weighted by molar-refractivity contribution is 0.191. The Morgan fingerprint density at radius 2 is 2.44 bits per heavy atom. The van der Waals surface area contributed by atoms with E-state index < -0.39 is 0 Å². The minimum Gasteiger partial charge on any atom is -0.391 e. The van der Waals surface area contributed by atoms with Crippen molar-refractivity contribution in [2.45, 2.75) is 18.6 Å². The normalized spacial score (nSPS) is 25.6. The van der Waals surface area contributed by atoms with Gasteiger partial charge < -0.3 is 20.6 Å². The van der Waals surface area contributed by atoms with Crippen molar-refractivity contribution in [1.82, 2.24) is 9.88 Å². The minimum atomic E-state index is -0.255. The molecule has 2 heterocycles. The summed E-state index contributed by atoms with van der Waals surface area (Å²) in [4.78, 5) is 8.57. The molecule has 5 nitrogen and oxygen atoms in total. The fraction of sp³-hybridized carbons (Fsp3) is 0.700. The molecule has 2 rings (SSSR count). The van der Waals surface area contributed by atoms with Crippen molar-refractivity contribution in [2.24, 2.45) is 0 Å². The second-order valence-corrected chi connectivity index (χ2v) is 5.54. The van der Waals surface area contributed by atoms with Crippen LogP contribution < -0.4 is 10.6 Å². The second-order valence-electron chi connectivity index (χ2n) is 4.50. The number of aromatic nitrogens is 1. The van der Waals surface area contributed by atoms with Gasteiger partial charge in [-0.15, -0.1) is 0 Å². The predicted octanol–water partition coefficient (Wildman–Crippen LogP) is 0.227. The maximum atomic E-state index is 9.74. The molecule has 2 atom stereocenters. The maximum absolute atomic E-state index is 9.74. The van der Waals surface area contributed by atoms with E-state index in [0.29, 0.717) is 12.6 Å². The number of hydrogen-bond donors (Lipinski definition) is 2. The molecule has 3 N–H and O–H groups in total. The third kappa shape index (κ3) is 2.45. The van der Waals surface area contributed by atoms with Crippen LogP contribution in [0.1, 0.15) is 6.42 Å². The largest absolute Gasteiger partial charge is 0.391 e. The smallest absolute Gasteiger partial charge is 0.187 e. The monoisotopic (exact) mass is 242 g/mol. The van der Waals surface area contributed by atoms with E-state index in [-0.39, 0.29) is 6.10 Å². The van der Waals surface area contributed by atoms with Crippen LogP contribution in [-0.2, 0) is 0 Å². The Morgan fingerprint density at radius 3 is 3.00 bits per heavy atom. The predicted molar refractivity (Wildman–Crippen MR) is 66.8 cm³/mol. The van der Waals surface area contributed by atoms with E-state index in [2.05, 4.69) is 14.8 Å². The van der Waals surface area contributed by atoms with E-state index in [1.54, 1.807) is 6.20 Å². The second kappa shape index (κ2) is 4.57. The standard InChI is InChI=1S/C10H18N4OS/c1-13(2)5-7-3-8(15)6-14(7)10-12-4-9(11)16-10/h4,7-8,15H,3,5-6,11H2,1-2H3. The van der Waals surface area contributed by atoms with Crippen molar-refractivity contribution in [2.75, 3.05) is 37.8 Å². The number of thiazole rings is 1. The summed E-state index contributed by atoms with van der Waals surface area (Å²) in [6.07, 6.45) is 2.23. The van der Waals surface area contributed by atoms with Crippen LogP contribution in [-0.4, -0.2) is 54.3 Å². The van der Waals surface area contributed by atoms with E-state index in [0.717, 1.165) is 23.1 Å². The summed E-state index contributed by atoms with van der Waals surface area (Å²) in [6, 6.07) is 0.329. The van der Waals surface area contributed by atoms with Crippen molar-refractivity contribution in [3.8, 4) is 0 Å². The molecule has 1 aromatic heterocycles. The number of likely N-dealkylation sites (N-methyl/N-ethyl adjacent to an activating group) is 1. The highest BCUT2D eigenvalue weighted by Crippen LogP contribution is 2.30. The Bertz CT molecular complexity index is 354. The third-order valence-corrected chi connectivity index (χ3v) is 3.59. The molecule has 1 aliphatic rings. The van der Waals surface area contributed by atoms with Gasteiger partial charge >= 0.3 is 0 Å². The molecule has 0 radical (unpaired) electrons. The molecule has 0 amide bonds. The number of nitrogen functional groups attached to an aromatic ring is 1. The average Bonchev–Trinajstić information content (AvgIpc) is 2.72. The van der Waals surface area contributed by atoms with E-state index in [9.17, 15) is 5.11 Å². The van der Waals surface area contributed by atoms with Crippen LogP contribution >= 0.6 is 11.3 Å². The highest BCUT2D eigenvalue weighted by atomic mass is 32.1. The molecule has 1 fully saturated rings. The number of anilines is 2. The zero-order valence-corrected chi connectivity index (χ0v) is 10.4. The molecular weight excluding hydrogens is 224 g/mol. The number of rotatable bonds is 3. The molecule has 2 unspecified atom stereocenters. The quantitative estimate of drug-likeness (QED) is 0.794. The lowest BCUT2D eigenvalue weighted by Gasteiger charge is -2.26. The Morgan fingerprint density at radius 1 is 1.69 bits per heavy atom. The molecule has 0 aromatic carbocycles. The first kappa shape index (κ1) is 11.6. The summed E-state index contributed by atoms with van der Waals surface area (Å²) in [5, 5.41) is 11.4. The van der Waals surface area contributed by atoms with Crippen molar-refractivity contribution < 1.29 is 5.11 Å². The van der Waals surface area contributed by atoms with Gasteiger partial charge in [0.2, 0.25) is 0 Å². The summed E-state index contributed by atoms with van der Waals surface area (Å²) in [6.45, 7) is 1.59. The first-order valence-electron chi connectivity index (χ1n) is 5.37. The van der Waals surface area contributed by atoms with E-state index >= 15 is 0 Å². The number of aliphatic hydroxyl groups excluding tert-OH is 1. The van der Waals surface area contributed by atoms with Gasteiger partial charge in [-0.2, -0.15) is 0 Å². The van der Waals surface area contributed by atoms with Crippen molar-refractivity contribution in [1.29, 1.82) is 0 Å². The van der Waals surface area contributed by atoms with Gasteiger partial charge in [-0.3, -0.25) is 0 Å². The fourth-order valence-electron chi connectivity index (χ4n) is 2.13. The molecule has 0 bridgehead atoms. The van der Waals surface area contributed by atoms with Gasteiger partial charge in [-0.1, -0.05) is 11.3 Å². The van der Waals surface area contributed by atoms with Gasteiger partial charge in [0.1, 0.15) is 5.00 Å². The van der Waals surface area contributed by atoms with Crippen molar-refractivity contribution in [3.05, 3.63) is 6.20 Å². The first-order chi connectivity index (χ1) is 7.56. The molecule has 0 saturated carbocycles. The lowest BCUT2D eigenvalue weighted by Crippen LogP contribution is -2.37. The Kier molecular flexibility index (Phi) is 3.32. The zero-order chi connectivity index (χ0) is 11.7. The Balaban J connectivity index is 2.12.